The second-order valence-electron chi connectivity index (χ2n) is 3.51. The zero-order valence-electron chi connectivity index (χ0n) is 7.19. The molecule has 0 aromatic carbocycles. The van der Waals surface area contributed by atoms with Crippen molar-refractivity contribution >= 4 is 0 Å². The molecule has 1 nitrogen and oxygen atoms in total. The molecular weight excluding hydrogens is 122 g/mol. The third kappa shape index (κ3) is 2.30. The minimum absolute atomic E-state index is 0.723. The number of hydrogen-bond acceptors (Lipinski definition) is 1. The summed E-state index contributed by atoms with van der Waals surface area (Å²) in [5.41, 5.74) is 0. The number of nitrogens with one attached hydrogen (secondary N) is 1. The molecule has 1 unspecified atom stereocenters. The topological polar surface area (TPSA) is 12.0 Å². The minimum atomic E-state index is 0.723. The molecule has 1 atom stereocenters. The van der Waals surface area contributed by atoms with Gasteiger partial charge >= 0.3 is 0 Å². The molecule has 1 N–H and O–H groups in total. The Balaban J connectivity index is 1.93. The first-order valence-electron chi connectivity index (χ1n) is 4.56. The van der Waals surface area contributed by atoms with Gasteiger partial charge in [-0.25, -0.2) is 0 Å². The highest BCUT2D eigenvalue weighted by molar-refractivity contribution is 4.72. The predicted octanol–water partition coefficient (Wildman–Crippen LogP) is 2.17. The molecule has 0 radical (unpaired) electrons. The van der Waals surface area contributed by atoms with Gasteiger partial charge in [-0.2, -0.15) is 0 Å². The lowest BCUT2D eigenvalue weighted by molar-refractivity contribution is 0.290. The smallest absolute Gasteiger partial charge is 0.00362 e. The van der Waals surface area contributed by atoms with Crippen molar-refractivity contribution in [2.24, 2.45) is 5.92 Å². The van der Waals surface area contributed by atoms with E-state index < -0.39 is 0 Å². The van der Waals surface area contributed by atoms with Gasteiger partial charge in [-0.05, 0) is 38.6 Å². The molecule has 1 saturated carbocycles. The normalized spacial score (nSPS) is 22.2. The van der Waals surface area contributed by atoms with Crippen LogP contribution in [-0.2, 0) is 0 Å². The fourth-order valence-electron chi connectivity index (χ4n) is 1.21. The summed E-state index contributed by atoms with van der Waals surface area (Å²) in [4.78, 5) is 0. The van der Waals surface area contributed by atoms with Gasteiger partial charge < -0.3 is 5.32 Å². The van der Waals surface area contributed by atoms with Gasteiger partial charge in [0.25, 0.3) is 0 Å². The van der Waals surface area contributed by atoms with Gasteiger partial charge in [-0.3, -0.25) is 0 Å². The summed E-state index contributed by atoms with van der Waals surface area (Å²) in [6, 6.07) is 0.723. The molecule has 0 aromatic heterocycles. The van der Waals surface area contributed by atoms with Crippen LogP contribution >= 0.6 is 0 Å². The molecule has 0 bridgehead atoms. The molecule has 1 rings (SSSR count). The van der Waals surface area contributed by atoms with Gasteiger partial charge in [-0.15, -0.1) is 0 Å². The second kappa shape index (κ2) is 3.97. The molecule has 1 fully saturated rings. The Bertz CT molecular complexity index is 82.0. The van der Waals surface area contributed by atoms with E-state index in [0.717, 1.165) is 12.0 Å². The molecule has 10 heavy (non-hydrogen) atoms. The van der Waals surface area contributed by atoms with Crippen LogP contribution in [-0.4, -0.2) is 12.6 Å². The highest BCUT2D eigenvalue weighted by Crippen LogP contribution is 2.25. The summed E-state index contributed by atoms with van der Waals surface area (Å²) < 4.78 is 0. The lowest BCUT2D eigenvalue weighted by atomic mass is 9.85. The monoisotopic (exact) mass is 141 g/mol. The zero-order valence-corrected chi connectivity index (χ0v) is 7.19. The summed E-state index contributed by atoms with van der Waals surface area (Å²) in [7, 11) is 0. The maximum atomic E-state index is 3.53. The Morgan fingerprint density at radius 3 is 2.60 bits per heavy atom. The van der Waals surface area contributed by atoms with Crippen LogP contribution in [0.1, 0.15) is 39.5 Å². The summed E-state index contributed by atoms with van der Waals surface area (Å²) in [5.74, 6) is 1.01. The van der Waals surface area contributed by atoms with E-state index in [1.165, 1.54) is 32.2 Å². The Morgan fingerprint density at radius 1 is 1.50 bits per heavy atom. The molecule has 0 amide bonds. The van der Waals surface area contributed by atoms with E-state index in [1.54, 1.807) is 0 Å². The van der Waals surface area contributed by atoms with Gasteiger partial charge in [0.1, 0.15) is 0 Å². The first kappa shape index (κ1) is 8.06. The van der Waals surface area contributed by atoms with Crippen molar-refractivity contribution in [1.82, 2.24) is 5.32 Å². The third-order valence-corrected chi connectivity index (χ3v) is 2.59. The average molecular weight is 141 g/mol. The van der Waals surface area contributed by atoms with Crippen LogP contribution in [0.4, 0.5) is 0 Å². The summed E-state index contributed by atoms with van der Waals surface area (Å²) in [6.45, 7) is 5.76. The van der Waals surface area contributed by atoms with Crippen molar-refractivity contribution in [3.63, 3.8) is 0 Å². The third-order valence-electron chi connectivity index (χ3n) is 2.59. The first-order chi connectivity index (χ1) is 4.83. The molecule has 60 valence electrons. The number of hydrogen-bond donors (Lipinski definition) is 1. The zero-order chi connectivity index (χ0) is 7.40. The summed E-state index contributed by atoms with van der Waals surface area (Å²) in [5, 5.41) is 3.53. The highest BCUT2D eigenvalue weighted by Gasteiger charge is 2.16. The number of rotatable bonds is 4. The second-order valence-corrected chi connectivity index (χ2v) is 3.51. The van der Waals surface area contributed by atoms with Gasteiger partial charge in [0, 0.05) is 6.04 Å². The highest BCUT2D eigenvalue weighted by atomic mass is 14.9. The van der Waals surface area contributed by atoms with Crippen LogP contribution in [0.15, 0.2) is 0 Å². The van der Waals surface area contributed by atoms with E-state index in [1.807, 2.05) is 0 Å². The minimum Gasteiger partial charge on any atom is -0.314 e. The SMILES string of the molecule is CCC(C)NCC1CCC1. The van der Waals surface area contributed by atoms with Crippen molar-refractivity contribution in [3.8, 4) is 0 Å². The molecule has 1 aliphatic carbocycles. The van der Waals surface area contributed by atoms with Gasteiger partial charge in [0.2, 0.25) is 0 Å². The fraction of sp³-hybridized carbons (Fsp3) is 1.00. The average Bonchev–Trinajstić information content (AvgIpc) is 1.84. The molecule has 0 aromatic rings. The van der Waals surface area contributed by atoms with Crippen molar-refractivity contribution < 1.29 is 0 Å². The molecule has 0 aliphatic heterocycles. The Morgan fingerprint density at radius 2 is 2.20 bits per heavy atom. The van der Waals surface area contributed by atoms with Crippen molar-refractivity contribution in [1.29, 1.82) is 0 Å². The Labute approximate surface area is 64.2 Å². The van der Waals surface area contributed by atoms with Crippen LogP contribution < -0.4 is 5.32 Å². The first-order valence-corrected chi connectivity index (χ1v) is 4.56. The van der Waals surface area contributed by atoms with Gasteiger partial charge in [0.15, 0.2) is 0 Å². The standard InChI is InChI=1S/C9H19N/c1-3-8(2)10-7-9-5-4-6-9/h8-10H,3-7H2,1-2H3. The predicted molar refractivity (Wildman–Crippen MR) is 45.1 cm³/mol. The van der Waals surface area contributed by atoms with Crippen molar-refractivity contribution in [2.45, 2.75) is 45.6 Å². The van der Waals surface area contributed by atoms with Crippen LogP contribution in [0.25, 0.3) is 0 Å². The Kier molecular flexibility index (Phi) is 3.20. The quantitative estimate of drug-likeness (QED) is 0.632. The fourth-order valence-corrected chi connectivity index (χ4v) is 1.21. The lowest BCUT2D eigenvalue weighted by Gasteiger charge is -2.27. The van der Waals surface area contributed by atoms with Crippen molar-refractivity contribution in [2.75, 3.05) is 6.54 Å². The molecule has 0 spiro atoms. The maximum Gasteiger partial charge on any atom is 0.00362 e. The lowest BCUT2D eigenvalue weighted by Crippen LogP contribution is -2.33. The maximum absolute atomic E-state index is 3.53. The molecule has 1 aliphatic rings. The Hall–Kier alpha value is -0.0400. The van der Waals surface area contributed by atoms with E-state index in [-0.39, 0.29) is 0 Å². The largest absolute Gasteiger partial charge is 0.314 e. The van der Waals surface area contributed by atoms with E-state index in [0.29, 0.717) is 0 Å². The molecule has 0 saturated heterocycles. The summed E-state index contributed by atoms with van der Waals surface area (Å²) >= 11 is 0. The molecule has 0 heterocycles. The van der Waals surface area contributed by atoms with Gasteiger partial charge in [-0.1, -0.05) is 13.3 Å². The van der Waals surface area contributed by atoms with Crippen molar-refractivity contribution in [3.05, 3.63) is 0 Å². The van der Waals surface area contributed by atoms with E-state index >= 15 is 0 Å². The summed E-state index contributed by atoms with van der Waals surface area (Å²) in [6.07, 6.45) is 5.65. The molecular formula is C9H19N. The van der Waals surface area contributed by atoms with Gasteiger partial charge in [0.05, 0.1) is 0 Å². The van der Waals surface area contributed by atoms with E-state index in [9.17, 15) is 0 Å². The van der Waals surface area contributed by atoms with E-state index in [2.05, 4.69) is 19.2 Å². The van der Waals surface area contributed by atoms with Crippen LogP contribution in [0, 0.1) is 5.92 Å². The van der Waals surface area contributed by atoms with E-state index in [4.69, 9.17) is 0 Å². The van der Waals surface area contributed by atoms with Crippen LogP contribution in [0.2, 0.25) is 0 Å². The van der Waals surface area contributed by atoms with Crippen LogP contribution in [0.3, 0.4) is 0 Å². The molecule has 1 heteroatoms. The van der Waals surface area contributed by atoms with Crippen LogP contribution in [0.5, 0.6) is 0 Å².